The van der Waals surface area contributed by atoms with Gasteiger partial charge in [-0.3, -0.25) is 4.79 Å². The Morgan fingerprint density at radius 1 is 1.09 bits per heavy atom. The summed E-state index contributed by atoms with van der Waals surface area (Å²) in [7, 11) is -3.86. The van der Waals surface area contributed by atoms with Crippen LogP contribution in [0.4, 0.5) is 16.2 Å². The van der Waals surface area contributed by atoms with E-state index in [4.69, 9.17) is 9.47 Å². The van der Waals surface area contributed by atoms with Crippen molar-refractivity contribution in [1.82, 2.24) is 9.62 Å². The second kappa shape index (κ2) is 11.3. The molecule has 0 aromatic heterocycles. The minimum Gasteiger partial charge on any atom is -0.492 e. The molecule has 10 nitrogen and oxygen atoms in total. The van der Waals surface area contributed by atoms with Crippen LogP contribution in [-0.4, -0.2) is 63.6 Å². The van der Waals surface area contributed by atoms with Gasteiger partial charge >= 0.3 is 6.03 Å². The summed E-state index contributed by atoms with van der Waals surface area (Å²) < 4.78 is 38.7. The minimum absolute atomic E-state index is 0.0308. The van der Waals surface area contributed by atoms with Crippen molar-refractivity contribution in [2.45, 2.75) is 31.7 Å². The molecule has 1 aliphatic rings. The Morgan fingerprint density at radius 2 is 1.79 bits per heavy atom. The first kappa shape index (κ1) is 25.5. The average molecular weight is 491 g/mol. The van der Waals surface area contributed by atoms with E-state index in [0.29, 0.717) is 18.9 Å². The molecule has 3 rings (SSSR count). The van der Waals surface area contributed by atoms with E-state index in [9.17, 15) is 18.0 Å². The van der Waals surface area contributed by atoms with Crippen LogP contribution in [0.2, 0.25) is 0 Å². The van der Waals surface area contributed by atoms with Gasteiger partial charge in [-0.15, -0.1) is 0 Å². The number of morpholine rings is 1. The second-order valence-electron chi connectivity index (χ2n) is 7.86. The van der Waals surface area contributed by atoms with Crippen LogP contribution >= 0.6 is 0 Å². The number of para-hydroxylation sites is 1. The molecule has 0 atom stereocenters. The number of carbonyl (C=O) groups is 2. The zero-order chi connectivity index (χ0) is 24.7. The molecule has 2 aromatic rings. The number of nitrogens with zero attached hydrogens (tertiary/aromatic N) is 1. The van der Waals surface area contributed by atoms with Crippen molar-refractivity contribution in [3.05, 3.63) is 48.0 Å². The van der Waals surface area contributed by atoms with E-state index in [0.717, 1.165) is 0 Å². The number of carbonyl (C=O) groups excluding carboxylic acids is 2. The van der Waals surface area contributed by atoms with Crippen LogP contribution in [0.3, 0.4) is 0 Å². The first-order chi connectivity index (χ1) is 16.2. The van der Waals surface area contributed by atoms with Gasteiger partial charge in [0.2, 0.25) is 10.0 Å². The quantitative estimate of drug-likeness (QED) is 0.522. The van der Waals surface area contributed by atoms with Crippen molar-refractivity contribution in [3.8, 4) is 5.75 Å². The summed E-state index contributed by atoms with van der Waals surface area (Å²) in [4.78, 5) is 25.1. The van der Waals surface area contributed by atoms with E-state index in [1.54, 1.807) is 37.3 Å². The highest BCUT2D eigenvalue weighted by Gasteiger charge is 2.30. The summed E-state index contributed by atoms with van der Waals surface area (Å²) in [6.45, 7) is 6.81. The average Bonchev–Trinajstić information content (AvgIpc) is 2.80. The summed E-state index contributed by atoms with van der Waals surface area (Å²) in [6.07, 6.45) is 0. The maximum atomic E-state index is 13.3. The highest BCUT2D eigenvalue weighted by Crippen LogP contribution is 2.31. The molecule has 1 saturated heterocycles. The maximum Gasteiger partial charge on any atom is 0.319 e. The lowest BCUT2D eigenvalue weighted by Crippen LogP contribution is -2.40. The number of amides is 3. The third kappa shape index (κ3) is 6.25. The predicted octanol–water partition coefficient (Wildman–Crippen LogP) is 2.89. The van der Waals surface area contributed by atoms with E-state index < -0.39 is 22.0 Å². The third-order valence-corrected chi connectivity index (χ3v) is 6.85. The number of ether oxygens (including phenoxy) is 2. The molecule has 3 amide bonds. The minimum atomic E-state index is -3.86. The summed E-state index contributed by atoms with van der Waals surface area (Å²) in [5, 5.41) is 8.10. The van der Waals surface area contributed by atoms with Gasteiger partial charge in [-0.25, -0.2) is 13.2 Å². The summed E-state index contributed by atoms with van der Waals surface area (Å²) in [5.74, 6) is -0.293. The van der Waals surface area contributed by atoms with E-state index >= 15 is 0 Å². The first-order valence-corrected chi connectivity index (χ1v) is 12.5. The monoisotopic (exact) mass is 490 g/mol. The molecule has 0 aliphatic carbocycles. The van der Waals surface area contributed by atoms with Crippen LogP contribution in [0, 0.1) is 0 Å². The highest BCUT2D eigenvalue weighted by molar-refractivity contribution is 7.89. The van der Waals surface area contributed by atoms with Gasteiger partial charge in [0.1, 0.15) is 10.6 Å². The van der Waals surface area contributed by atoms with Crippen molar-refractivity contribution >= 4 is 33.3 Å². The molecule has 11 heteroatoms. The molecule has 0 bridgehead atoms. The molecule has 0 saturated carbocycles. The van der Waals surface area contributed by atoms with Gasteiger partial charge in [0.15, 0.2) is 0 Å². The zero-order valence-electron chi connectivity index (χ0n) is 19.5. The van der Waals surface area contributed by atoms with Crippen LogP contribution in [-0.2, 0) is 14.8 Å². The molecular weight excluding hydrogens is 460 g/mol. The highest BCUT2D eigenvalue weighted by atomic mass is 32.2. The Bertz CT molecular complexity index is 1130. The van der Waals surface area contributed by atoms with Crippen LogP contribution < -0.4 is 20.7 Å². The second-order valence-corrected chi connectivity index (χ2v) is 9.77. The fourth-order valence-corrected chi connectivity index (χ4v) is 4.96. The normalized spacial score (nSPS) is 14.5. The summed E-state index contributed by atoms with van der Waals surface area (Å²) in [6, 6.07) is 10.5. The Labute approximate surface area is 199 Å². The lowest BCUT2D eigenvalue weighted by atomic mass is 10.1. The Morgan fingerprint density at radius 3 is 2.47 bits per heavy atom. The SMILES string of the molecule is CCOc1ccc(NC(=O)c2ccccc2NC(=O)NC(C)C)cc1S(=O)(=O)N1CCOCC1. The number of sulfonamides is 1. The molecule has 1 aliphatic heterocycles. The number of hydrogen-bond acceptors (Lipinski definition) is 6. The number of rotatable bonds is 8. The number of hydrogen-bond donors (Lipinski definition) is 3. The van der Waals surface area contributed by atoms with Crippen molar-refractivity contribution in [2.75, 3.05) is 43.5 Å². The Balaban J connectivity index is 1.87. The Hall–Kier alpha value is -3.15. The lowest BCUT2D eigenvalue weighted by molar-refractivity contribution is 0.0729. The molecule has 0 spiro atoms. The van der Waals surface area contributed by atoms with Crippen LogP contribution in [0.5, 0.6) is 5.75 Å². The van der Waals surface area contributed by atoms with Crippen LogP contribution in [0.1, 0.15) is 31.1 Å². The van der Waals surface area contributed by atoms with Crippen molar-refractivity contribution < 1.29 is 27.5 Å². The number of nitrogens with one attached hydrogen (secondary N) is 3. The number of benzene rings is 2. The van der Waals surface area contributed by atoms with Gasteiger partial charge in [0.25, 0.3) is 5.91 Å². The topological polar surface area (TPSA) is 126 Å². The van der Waals surface area contributed by atoms with Crippen molar-refractivity contribution in [1.29, 1.82) is 0 Å². The fourth-order valence-electron chi connectivity index (χ4n) is 3.40. The predicted molar refractivity (Wildman–Crippen MR) is 129 cm³/mol. The zero-order valence-corrected chi connectivity index (χ0v) is 20.3. The Kier molecular flexibility index (Phi) is 8.48. The first-order valence-electron chi connectivity index (χ1n) is 11.0. The third-order valence-electron chi connectivity index (χ3n) is 4.93. The standard InChI is InChI=1S/C23H30N4O6S/c1-4-33-20-10-9-17(15-21(20)34(30,31)27-11-13-32-14-12-27)25-22(28)18-7-5-6-8-19(18)26-23(29)24-16(2)3/h5-10,15-16H,4,11-14H2,1-3H3,(H,25,28)(H2,24,26,29). The van der Waals surface area contributed by atoms with Crippen LogP contribution in [0.25, 0.3) is 0 Å². The van der Waals surface area contributed by atoms with Gasteiger partial charge in [-0.05, 0) is 51.1 Å². The molecule has 1 heterocycles. The molecule has 3 N–H and O–H groups in total. The summed E-state index contributed by atoms with van der Waals surface area (Å²) >= 11 is 0. The maximum absolute atomic E-state index is 13.3. The van der Waals surface area contributed by atoms with Gasteiger partial charge in [-0.2, -0.15) is 4.31 Å². The van der Waals surface area contributed by atoms with Gasteiger partial charge in [0.05, 0.1) is 31.1 Å². The van der Waals surface area contributed by atoms with Crippen molar-refractivity contribution in [3.63, 3.8) is 0 Å². The van der Waals surface area contributed by atoms with Gasteiger partial charge in [0, 0.05) is 24.8 Å². The van der Waals surface area contributed by atoms with E-state index in [1.807, 2.05) is 13.8 Å². The molecule has 34 heavy (non-hydrogen) atoms. The molecule has 0 radical (unpaired) electrons. The molecule has 184 valence electrons. The van der Waals surface area contributed by atoms with Crippen molar-refractivity contribution in [2.24, 2.45) is 0 Å². The van der Waals surface area contributed by atoms with Gasteiger partial charge < -0.3 is 25.4 Å². The number of anilines is 2. The number of urea groups is 1. The molecule has 0 unspecified atom stereocenters. The van der Waals surface area contributed by atoms with E-state index in [2.05, 4.69) is 16.0 Å². The van der Waals surface area contributed by atoms with Crippen LogP contribution in [0.15, 0.2) is 47.4 Å². The fraction of sp³-hybridized carbons (Fsp3) is 0.391. The molecule has 1 fully saturated rings. The smallest absolute Gasteiger partial charge is 0.319 e. The lowest BCUT2D eigenvalue weighted by Gasteiger charge is -2.27. The summed E-state index contributed by atoms with van der Waals surface area (Å²) in [5.41, 5.74) is 0.833. The van der Waals surface area contributed by atoms with E-state index in [1.165, 1.54) is 16.4 Å². The van der Waals surface area contributed by atoms with E-state index in [-0.39, 0.29) is 47.6 Å². The molecule has 2 aromatic carbocycles. The largest absolute Gasteiger partial charge is 0.492 e. The van der Waals surface area contributed by atoms with Gasteiger partial charge in [-0.1, -0.05) is 12.1 Å². The molecular formula is C23H30N4O6S.